The Bertz CT molecular complexity index is 956. The second-order valence-corrected chi connectivity index (χ2v) is 7.94. The number of carbonyl (C=O) groups excluding carboxylic acids is 2. The minimum atomic E-state index is -0.201. The molecule has 2 aromatic carbocycles. The summed E-state index contributed by atoms with van der Waals surface area (Å²) in [5.74, 6) is 1.24. The molecule has 2 amide bonds. The van der Waals surface area contributed by atoms with Crippen LogP contribution in [0.2, 0.25) is 0 Å². The van der Waals surface area contributed by atoms with Crippen LogP contribution in [-0.4, -0.2) is 29.8 Å². The van der Waals surface area contributed by atoms with Gasteiger partial charge >= 0.3 is 0 Å². The van der Waals surface area contributed by atoms with Crippen molar-refractivity contribution in [3.8, 4) is 11.5 Å². The van der Waals surface area contributed by atoms with Crippen molar-refractivity contribution in [3.63, 3.8) is 0 Å². The Morgan fingerprint density at radius 2 is 1.72 bits per heavy atom. The van der Waals surface area contributed by atoms with E-state index in [1.54, 1.807) is 4.90 Å². The maximum absolute atomic E-state index is 12.7. The van der Waals surface area contributed by atoms with Gasteiger partial charge in [0.25, 0.3) is 5.91 Å². The quantitative estimate of drug-likeness (QED) is 0.646. The number of hydrogen-bond donors (Lipinski definition) is 1. The van der Waals surface area contributed by atoms with E-state index < -0.39 is 0 Å². The smallest absolute Gasteiger partial charge is 0.263 e. The zero-order valence-electron chi connectivity index (χ0n) is 15.9. The van der Waals surface area contributed by atoms with Crippen molar-refractivity contribution in [2.75, 3.05) is 18.4 Å². The molecule has 0 unspecified atom stereocenters. The minimum Gasteiger partial charge on any atom is -0.457 e. The van der Waals surface area contributed by atoms with E-state index in [2.05, 4.69) is 5.32 Å². The molecule has 2 heterocycles. The molecule has 1 N–H and O–H groups in total. The van der Waals surface area contributed by atoms with Gasteiger partial charge in [-0.15, -0.1) is 11.3 Å². The molecule has 0 saturated carbocycles. The lowest BCUT2D eigenvalue weighted by Crippen LogP contribution is -2.43. The van der Waals surface area contributed by atoms with E-state index in [-0.39, 0.29) is 17.7 Å². The SMILES string of the molecule is O=C(Nc1ccc(Oc2ccccc2)cc1)[C@@H]1CCCN(C(=O)c2cccs2)C1. The van der Waals surface area contributed by atoms with Crippen molar-refractivity contribution in [3.05, 3.63) is 77.0 Å². The number of carbonyl (C=O) groups is 2. The molecular weight excluding hydrogens is 384 g/mol. The summed E-state index contributed by atoms with van der Waals surface area (Å²) in [5.41, 5.74) is 0.720. The van der Waals surface area contributed by atoms with Gasteiger partial charge in [-0.25, -0.2) is 0 Å². The molecule has 3 aromatic rings. The fraction of sp³-hybridized carbons (Fsp3) is 0.217. The van der Waals surface area contributed by atoms with Crippen LogP contribution in [0.25, 0.3) is 0 Å². The van der Waals surface area contributed by atoms with Crippen LogP contribution in [0.1, 0.15) is 22.5 Å². The second-order valence-electron chi connectivity index (χ2n) is 7.00. The number of ether oxygens (including phenoxy) is 1. The number of amides is 2. The monoisotopic (exact) mass is 406 g/mol. The van der Waals surface area contributed by atoms with Gasteiger partial charge in [0.2, 0.25) is 5.91 Å². The Balaban J connectivity index is 1.34. The van der Waals surface area contributed by atoms with E-state index in [9.17, 15) is 9.59 Å². The topological polar surface area (TPSA) is 58.6 Å². The van der Waals surface area contributed by atoms with Crippen LogP contribution in [0.3, 0.4) is 0 Å². The summed E-state index contributed by atoms with van der Waals surface area (Å²) in [6.45, 7) is 1.16. The summed E-state index contributed by atoms with van der Waals surface area (Å²) in [4.78, 5) is 27.8. The molecule has 1 aromatic heterocycles. The Hall–Kier alpha value is -3.12. The lowest BCUT2D eigenvalue weighted by atomic mass is 9.97. The van der Waals surface area contributed by atoms with E-state index >= 15 is 0 Å². The minimum absolute atomic E-state index is 0.0138. The zero-order valence-corrected chi connectivity index (χ0v) is 16.7. The van der Waals surface area contributed by atoms with E-state index in [0.717, 1.165) is 29.2 Å². The Kier molecular flexibility index (Phi) is 5.91. The number of hydrogen-bond acceptors (Lipinski definition) is 4. The van der Waals surface area contributed by atoms with Crippen LogP contribution < -0.4 is 10.1 Å². The fourth-order valence-electron chi connectivity index (χ4n) is 3.41. The molecule has 1 saturated heterocycles. The third-order valence-electron chi connectivity index (χ3n) is 4.91. The van der Waals surface area contributed by atoms with Crippen molar-refractivity contribution in [2.45, 2.75) is 12.8 Å². The van der Waals surface area contributed by atoms with Gasteiger partial charge in [-0.1, -0.05) is 24.3 Å². The second kappa shape index (κ2) is 8.92. The standard InChI is InChI=1S/C23H22N2O3S/c26-22(17-6-4-14-25(16-17)23(27)21-9-5-15-29-21)24-18-10-12-20(13-11-18)28-19-7-2-1-3-8-19/h1-3,5,7-13,15,17H,4,6,14,16H2,(H,24,26)/t17-/m1/s1. The van der Waals surface area contributed by atoms with Crippen molar-refractivity contribution < 1.29 is 14.3 Å². The van der Waals surface area contributed by atoms with Crippen LogP contribution in [0.5, 0.6) is 11.5 Å². The molecule has 4 rings (SSSR count). The lowest BCUT2D eigenvalue weighted by Gasteiger charge is -2.31. The Morgan fingerprint density at radius 1 is 0.966 bits per heavy atom. The average Bonchev–Trinajstić information content (AvgIpc) is 3.30. The molecule has 5 nitrogen and oxygen atoms in total. The number of thiophene rings is 1. The lowest BCUT2D eigenvalue weighted by molar-refractivity contribution is -0.121. The van der Waals surface area contributed by atoms with Crippen molar-refractivity contribution >= 4 is 28.8 Å². The van der Waals surface area contributed by atoms with Gasteiger partial charge in [0.1, 0.15) is 11.5 Å². The van der Waals surface area contributed by atoms with Crippen LogP contribution in [0.4, 0.5) is 5.69 Å². The predicted molar refractivity (Wildman–Crippen MR) is 115 cm³/mol. The number of benzene rings is 2. The van der Waals surface area contributed by atoms with Crippen LogP contribution >= 0.6 is 11.3 Å². The molecule has 6 heteroatoms. The van der Waals surface area contributed by atoms with Crippen LogP contribution in [0.15, 0.2) is 72.1 Å². The summed E-state index contributed by atoms with van der Waals surface area (Å²) < 4.78 is 5.77. The van der Waals surface area contributed by atoms with E-state index in [1.807, 2.05) is 72.1 Å². The third-order valence-corrected chi connectivity index (χ3v) is 5.77. The first-order valence-electron chi connectivity index (χ1n) is 9.65. The molecule has 1 atom stereocenters. The van der Waals surface area contributed by atoms with Gasteiger partial charge in [-0.3, -0.25) is 9.59 Å². The maximum atomic E-state index is 12.7. The van der Waals surface area contributed by atoms with Crippen molar-refractivity contribution in [2.24, 2.45) is 5.92 Å². The number of nitrogens with one attached hydrogen (secondary N) is 1. The van der Waals surface area contributed by atoms with Gasteiger partial charge in [0.15, 0.2) is 0 Å². The van der Waals surface area contributed by atoms with Gasteiger partial charge in [-0.2, -0.15) is 0 Å². The van der Waals surface area contributed by atoms with Gasteiger partial charge in [0.05, 0.1) is 10.8 Å². The number of rotatable bonds is 5. The molecule has 0 spiro atoms. The van der Waals surface area contributed by atoms with Gasteiger partial charge in [-0.05, 0) is 60.7 Å². The highest BCUT2D eigenvalue weighted by molar-refractivity contribution is 7.12. The fourth-order valence-corrected chi connectivity index (χ4v) is 4.10. The normalized spacial score (nSPS) is 16.3. The van der Waals surface area contributed by atoms with Crippen LogP contribution in [-0.2, 0) is 4.79 Å². The number of anilines is 1. The molecule has 0 bridgehead atoms. The highest BCUT2D eigenvalue weighted by atomic mass is 32.1. The van der Waals surface area contributed by atoms with Crippen molar-refractivity contribution in [1.82, 2.24) is 4.90 Å². The zero-order chi connectivity index (χ0) is 20.1. The number of likely N-dealkylation sites (tertiary alicyclic amines) is 1. The number of nitrogens with zero attached hydrogens (tertiary/aromatic N) is 1. The predicted octanol–water partition coefficient (Wildman–Crippen LogP) is 5.03. The molecule has 0 aliphatic carbocycles. The summed E-state index contributed by atoms with van der Waals surface area (Å²) in [7, 11) is 0. The van der Waals surface area contributed by atoms with Gasteiger partial charge in [0, 0.05) is 18.8 Å². The van der Waals surface area contributed by atoms with E-state index in [0.29, 0.717) is 18.8 Å². The highest BCUT2D eigenvalue weighted by Crippen LogP contribution is 2.25. The summed E-state index contributed by atoms with van der Waals surface area (Å²) >= 11 is 1.44. The highest BCUT2D eigenvalue weighted by Gasteiger charge is 2.29. The Labute approximate surface area is 173 Å². The van der Waals surface area contributed by atoms with Crippen LogP contribution in [0, 0.1) is 5.92 Å². The maximum Gasteiger partial charge on any atom is 0.263 e. The summed E-state index contributed by atoms with van der Waals surface area (Å²) in [5, 5.41) is 4.86. The summed E-state index contributed by atoms with van der Waals surface area (Å²) in [6, 6.07) is 20.6. The molecule has 1 aliphatic rings. The summed E-state index contributed by atoms with van der Waals surface area (Å²) in [6.07, 6.45) is 1.62. The molecule has 148 valence electrons. The van der Waals surface area contributed by atoms with Gasteiger partial charge < -0.3 is 15.0 Å². The number of para-hydroxylation sites is 1. The van der Waals surface area contributed by atoms with Crippen molar-refractivity contribution in [1.29, 1.82) is 0 Å². The largest absolute Gasteiger partial charge is 0.457 e. The molecule has 1 aliphatic heterocycles. The Morgan fingerprint density at radius 3 is 2.45 bits per heavy atom. The van der Waals surface area contributed by atoms with E-state index in [1.165, 1.54) is 11.3 Å². The van der Waals surface area contributed by atoms with E-state index in [4.69, 9.17) is 4.74 Å². The average molecular weight is 407 g/mol. The molecule has 29 heavy (non-hydrogen) atoms. The third kappa shape index (κ3) is 4.84. The first-order valence-corrected chi connectivity index (χ1v) is 10.5. The molecule has 0 radical (unpaired) electrons. The first-order chi connectivity index (χ1) is 14.2. The molecular formula is C23H22N2O3S. The number of piperidine rings is 1. The molecule has 1 fully saturated rings. The first kappa shape index (κ1) is 19.2.